The van der Waals surface area contributed by atoms with E-state index in [1.165, 1.54) is 24.2 Å². The van der Waals surface area contributed by atoms with Crippen molar-refractivity contribution in [2.24, 2.45) is 28.0 Å². The van der Waals surface area contributed by atoms with Crippen molar-refractivity contribution in [1.82, 2.24) is 0 Å². The Morgan fingerprint density at radius 3 is 2.19 bits per heavy atom. The number of nitrogens with zero attached hydrogens (tertiary/aromatic N) is 4. The molecule has 0 aromatic heterocycles. The number of benzene rings is 3. The smallest absolute Gasteiger partial charge is 0.238 e. The first-order valence-electron chi connectivity index (χ1n) is 15.8. The van der Waals surface area contributed by atoms with E-state index in [0.717, 1.165) is 11.3 Å². The molecule has 0 bridgehead atoms. The lowest BCUT2D eigenvalue weighted by molar-refractivity contribution is -0.123. The van der Waals surface area contributed by atoms with Gasteiger partial charge in [0.15, 0.2) is 11.6 Å². The first-order chi connectivity index (χ1) is 23.1. The lowest BCUT2D eigenvalue weighted by Gasteiger charge is -2.42. The average Bonchev–Trinajstić information content (AvgIpc) is 3.34. The van der Waals surface area contributed by atoms with Crippen LogP contribution in [0.25, 0.3) is 0 Å². The highest BCUT2D eigenvalue weighted by Crippen LogP contribution is 2.57. The van der Waals surface area contributed by atoms with E-state index in [0.29, 0.717) is 45.1 Å². The minimum Gasteiger partial charge on any atom is -0.507 e. The van der Waals surface area contributed by atoms with Gasteiger partial charge in [0, 0.05) is 48.0 Å². The fraction of sp³-hybridized carbons (Fsp3) is 0.263. The summed E-state index contributed by atoms with van der Waals surface area (Å²) in [6.07, 6.45) is 3.68. The number of hydrogen-bond donors (Lipinski definition) is 1. The molecule has 2 amide bonds. The molecule has 10 heteroatoms. The van der Waals surface area contributed by atoms with Gasteiger partial charge >= 0.3 is 0 Å². The zero-order chi connectivity index (χ0) is 33.9. The van der Waals surface area contributed by atoms with E-state index in [2.05, 4.69) is 10.2 Å². The first-order valence-corrected chi connectivity index (χ1v) is 15.8. The molecule has 1 aliphatic heterocycles. The number of phenolic OH excluding ortho intramolecular Hbond substituents is 1. The number of azo groups is 1. The quantitative estimate of drug-likeness (QED) is 0.140. The number of aromatic hydroxyl groups is 1. The lowest BCUT2D eigenvalue weighted by Crippen LogP contribution is -2.40. The zero-order valence-corrected chi connectivity index (χ0v) is 27.0. The maximum atomic E-state index is 14.2. The van der Waals surface area contributed by atoms with Crippen molar-refractivity contribution in [3.63, 3.8) is 0 Å². The number of ether oxygens (including phenoxy) is 1. The number of anilines is 2. The summed E-state index contributed by atoms with van der Waals surface area (Å²) in [6.45, 7) is 1.60. The molecule has 1 saturated heterocycles. The highest BCUT2D eigenvalue weighted by atomic mass is 16.5. The third-order valence-electron chi connectivity index (χ3n) is 9.87. The second kappa shape index (κ2) is 11.9. The third kappa shape index (κ3) is 4.95. The van der Waals surface area contributed by atoms with Crippen molar-refractivity contribution in [3.05, 3.63) is 107 Å². The van der Waals surface area contributed by atoms with E-state index in [1.54, 1.807) is 43.3 Å². The molecule has 1 N–H and O–H groups in total. The fourth-order valence-corrected chi connectivity index (χ4v) is 7.55. The van der Waals surface area contributed by atoms with Gasteiger partial charge in [-0.25, -0.2) is 0 Å². The molecule has 0 saturated carbocycles. The summed E-state index contributed by atoms with van der Waals surface area (Å²) < 4.78 is 5.63. The molecule has 10 nitrogen and oxygen atoms in total. The maximum Gasteiger partial charge on any atom is 0.238 e. The monoisotopic (exact) mass is 642 g/mol. The normalized spacial score (nSPS) is 23.5. The van der Waals surface area contributed by atoms with Gasteiger partial charge in [0.05, 0.1) is 36.0 Å². The van der Waals surface area contributed by atoms with E-state index in [-0.39, 0.29) is 42.0 Å². The molecule has 7 rings (SSSR count). The van der Waals surface area contributed by atoms with Crippen LogP contribution < -0.4 is 14.5 Å². The van der Waals surface area contributed by atoms with Crippen molar-refractivity contribution in [2.75, 3.05) is 31.0 Å². The highest BCUT2D eigenvalue weighted by molar-refractivity contribution is 6.25. The van der Waals surface area contributed by atoms with E-state index >= 15 is 0 Å². The number of ketones is 2. The Hall–Kier alpha value is -5.64. The van der Waals surface area contributed by atoms with Gasteiger partial charge in [-0.2, -0.15) is 10.2 Å². The van der Waals surface area contributed by atoms with Crippen LogP contribution in [0.1, 0.15) is 31.2 Å². The SMILES string of the molecule is COc1cccc(O)c1[C@H]1C2=CC[C@@H]3C(=O)N(c4ccc(N=Nc5ccc(N(C)C)cc5)cc4)C(=O)[C@@H]3[C@@H]2CC2=C1C(=O)C(C)=CC2=O. The number of Topliss-reactive ketones (excluding diaryl/α,β-unsaturated/α-hetero) is 1. The Bertz CT molecular complexity index is 2010. The molecular formula is C38H34N4O6. The highest BCUT2D eigenvalue weighted by Gasteiger charge is 2.57. The van der Waals surface area contributed by atoms with Gasteiger partial charge in [0.2, 0.25) is 11.8 Å². The molecule has 3 aromatic rings. The van der Waals surface area contributed by atoms with E-state index < -0.39 is 23.7 Å². The number of phenols is 1. The summed E-state index contributed by atoms with van der Waals surface area (Å²) >= 11 is 0. The molecule has 242 valence electrons. The van der Waals surface area contributed by atoms with Crippen LogP contribution in [-0.4, -0.2) is 49.7 Å². The fourth-order valence-electron chi connectivity index (χ4n) is 7.55. The van der Waals surface area contributed by atoms with Crippen molar-refractivity contribution in [2.45, 2.75) is 25.7 Å². The summed E-state index contributed by atoms with van der Waals surface area (Å²) in [7, 11) is 5.40. The molecule has 4 atom stereocenters. The standard InChI is InChI=1S/C38H34N4O6/c1-20-18-30(44)28-19-27-25(33(34(28)36(20)45)35-29(43)6-5-7-31(35)48-4)16-17-26-32(27)38(47)42(37(26)46)24-14-10-22(11-15-24)40-39-21-8-12-23(13-9-21)41(2)3/h5-16,18,26-27,32-33,43H,17,19H2,1-4H3/t26-,27+,32-,33-/m0/s1. The second-order valence-electron chi connectivity index (χ2n) is 12.8. The summed E-state index contributed by atoms with van der Waals surface area (Å²) in [6, 6.07) is 19.3. The van der Waals surface area contributed by atoms with Crippen LogP contribution in [0.3, 0.4) is 0 Å². The van der Waals surface area contributed by atoms with Gasteiger partial charge in [-0.15, -0.1) is 0 Å². The van der Waals surface area contributed by atoms with Crippen LogP contribution in [0.5, 0.6) is 11.5 Å². The third-order valence-corrected chi connectivity index (χ3v) is 9.87. The topological polar surface area (TPSA) is 129 Å². The first kappa shape index (κ1) is 31.0. The van der Waals surface area contributed by atoms with Crippen LogP contribution in [0.4, 0.5) is 22.7 Å². The maximum absolute atomic E-state index is 14.2. The number of amides is 2. The molecule has 3 aliphatic carbocycles. The van der Waals surface area contributed by atoms with E-state index in [9.17, 15) is 24.3 Å². The van der Waals surface area contributed by atoms with Gasteiger partial charge in [0.1, 0.15) is 11.5 Å². The van der Waals surface area contributed by atoms with Crippen LogP contribution in [0.15, 0.2) is 111 Å². The Kier molecular flexibility index (Phi) is 7.66. The summed E-state index contributed by atoms with van der Waals surface area (Å²) in [5, 5.41) is 19.7. The molecule has 48 heavy (non-hydrogen) atoms. The molecule has 0 spiro atoms. The Labute approximate surface area is 277 Å². The van der Waals surface area contributed by atoms with E-state index in [4.69, 9.17) is 4.74 Å². The predicted molar refractivity (Wildman–Crippen MR) is 180 cm³/mol. The van der Waals surface area contributed by atoms with Crippen molar-refractivity contribution >= 4 is 46.1 Å². The average molecular weight is 643 g/mol. The Morgan fingerprint density at radius 1 is 0.875 bits per heavy atom. The van der Waals surface area contributed by atoms with Crippen LogP contribution in [0, 0.1) is 17.8 Å². The minimum absolute atomic E-state index is 0.0828. The van der Waals surface area contributed by atoms with Gasteiger partial charge in [-0.05, 0) is 92.4 Å². The van der Waals surface area contributed by atoms with Crippen LogP contribution in [0.2, 0.25) is 0 Å². The molecule has 0 unspecified atom stereocenters. The molecule has 3 aromatic carbocycles. The molecule has 0 radical (unpaired) electrons. The Morgan fingerprint density at radius 2 is 1.54 bits per heavy atom. The number of hydrogen-bond acceptors (Lipinski definition) is 9. The van der Waals surface area contributed by atoms with Crippen LogP contribution >= 0.6 is 0 Å². The van der Waals surface area contributed by atoms with Gasteiger partial charge in [0.25, 0.3) is 0 Å². The number of allylic oxidation sites excluding steroid dienone is 6. The lowest BCUT2D eigenvalue weighted by atomic mass is 9.59. The number of fused-ring (bicyclic) bond motifs is 3. The summed E-state index contributed by atoms with van der Waals surface area (Å²) in [5.74, 6) is -3.68. The summed E-state index contributed by atoms with van der Waals surface area (Å²) in [4.78, 5) is 58.5. The largest absolute Gasteiger partial charge is 0.507 e. The van der Waals surface area contributed by atoms with Gasteiger partial charge in [-0.1, -0.05) is 17.7 Å². The summed E-state index contributed by atoms with van der Waals surface area (Å²) in [5.41, 5.74) is 4.75. The van der Waals surface area contributed by atoms with Crippen molar-refractivity contribution in [3.8, 4) is 11.5 Å². The molecule has 4 aliphatic rings. The number of rotatable bonds is 6. The number of methoxy groups -OCH3 is 1. The van der Waals surface area contributed by atoms with Crippen molar-refractivity contribution in [1.29, 1.82) is 0 Å². The number of carbonyl (C=O) groups excluding carboxylic acids is 4. The minimum atomic E-state index is -0.809. The van der Waals surface area contributed by atoms with Gasteiger partial charge < -0.3 is 14.7 Å². The second-order valence-corrected chi connectivity index (χ2v) is 12.8. The van der Waals surface area contributed by atoms with Crippen molar-refractivity contribution < 1.29 is 29.0 Å². The predicted octanol–water partition coefficient (Wildman–Crippen LogP) is 6.52. The molecule has 1 heterocycles. The molecular weight excluding hydrogens is 608 g/mol. The van der Waals surface area contributed by atoms with E-state index in [1.807, 2.05) is 49.3 Å². The van der Waals surface area contributed by atoms with Crippen LogP contribution in [-0.2, 0) is 19.2 Å². The number of imide groups is 1. The number of carbonyl (C=O) groups is 4. The zero-order valence-electron chi connectivity index (χ0n) is 27.0. The van der Waals surface area contributed by atoms with Gasteiger partial charge in [-0.3, -0.25) is 24.1 Å². The Balaban J connectivity index is 1.21. The molecule has 1 fully saturated rings.